The molecule has 1 aromatic rings. The molecule has 0 amide bonds. The monoisotopic (exact) mass is 308 g/mol. The van der Waals surface area contributed by atoms with Crippen molar-refractivity contribution in [1.82, 2.24) is 0 Å². The van der Waals surface area contributed by atoms with Crippen LogP contribution in [0.3, 0.4) is 0 Å². The molecule has 0 bridgehead atoms. The molecule has 0 N–H and O–H groups in total. The molecule has 0 saturated heterocycles. The van der Waals surface area contributed by atoms with Crippen molar-refractivity contribution in [2.45, 2.75) is 0 Å². The maximum atomic E-state index is 12.5. The smallest absolute Gasteiger partial charge is 1.00 e. The van der Waals surface area contributed by atoms with Crippen LogP contribution in [0.2, 0.25) is 0 Å². The van der Waals surface area contributed by atoms with Crippen molar-refractivity contribution in [2.75, 3.05) is 7.11 Å². The molecule has 0 aliphatic carbocycles. The van der Waals surface area contributed by atoms with Crippen molar-refractivity contribution in [3.05, 3.63) is 30.1 Å². The Labute approximate surface area is 108 Å². The summed E-state index contributed by atoms with van der Waals surface area (Å²) in [6, 6.07) is 6.29. The maximum absolute atomic E-state index is 12.5. The number of ether oxygens (including phenoxy) is 1. The van der Waals surface area contributed by atoms with Crippen LogP contribution in [0.5, 0.6) is 5.75 Å². The molecule has 64 valence electrons. The number of benzene rings is 1. The molecule has 0 unspecified atom stereocenters. The van der Waals surface area contributed by atoms with Crippen molar-refractivity contribution in [3.63, 3.8) is 0 Å². The fraction of sp³-hybridized carbons (Fsp3) is 0.143. The number of para-hydroxylation sites is 1. The van der Waals surface area contributed by atoms with Gasteiger partial charge in [0, 0.05) is 0 Å². The number of hydrogen-bond donors (Lipinski definition) is 0. The summed E-state index contributed by atoms with van der Waals surface area (Å²) in [6.07, 6.45) is 0. The van der Waals surface area contributed by atoms with E-state index < -0.39 is 0 Å². The summed E-state index contributed by atoms with van der Waals surface area (Å²) in [5, 5.41) is 0. The molecule has 0 heterocycles. The molecule has 0 aliphatic rings. The van der Waals surface area contributed by atoms with Crippen LogP contribution in [0, 0.1) is 5.82 Å². The minimum atomic E-state index is -0.319. The molecule has 0 spiro atoms. The number of halogens is 3. The van der Waals surface area contributed by atoms with Gasteiger partial charge in [0.2, 0.25) is 0 Å². The van der Waals surface area contributed by atoms with Gasteiger partial charge in [-0.15, -0.1) is 0 Å². The molecule has 0 atom stereocenters. The second-order valence-corrected chi connectivity index (χ2v) is 1.63. The Morgan fingerprint density at radius 2 is 1.67 bits per heavy atom. The largest absolute Gasteiger partial charge is 2.00 e. The van der Waals surface area contributed by atoms with Crippen molar-refractivity contribution >= 4 is 23.1 Å². The van der Waals surface area contributed by atoms with E-state index >= 15 is 0 Å². The quantitative estimate of drug-likeness (QED) is 0.475. The van der Waals surface area contributed by atoms with E-state index in [1.54, 1.807) is 18.2 Å². The van der Waals surface area contributed by atoms with Gasteiger partial charge in [0.05, 0.1) is 7.11 Å². The van der Waals surface area contributed by atoms with Gasteiger partial charge in [-0.3, -0.25) is 0 Å². The Kier molecular flexibility index (Phi) is 15.0. The second kappa shape index (κ2) is 9.76. The van der Waals surface area contributed by atoms with E-state index in [0.717, 1.165) is 0 Å². The van der Waals surface area contributed by atoms with Crippen molar-refractivity contribution < 1.29 is 43.1 Å². The summed E-state index contributed by atoms with van der Waals surface area (Å²) >= 11 is 0. The third-order valence-electron chi connectivity index (χ3n) is 1.06. The molecular formula is C7H7Br2FMgO. The van der Waals surface area contributed by atoms with E-state index in [9.17, 15) is 4.39 Å². The first-order valence-corrected chi connectivity index (χ1v) is 2.63. The fourth-order valence-corrected chi connectivity index (χ4v) is 0.610. The van der Waals surface area contributed by atoms with Gasteiger partial charge in [-0.25, -0.2) is 4.39 Å². The molecule has 1 aromatic carbocycles. The number of methoxy groups -OCH3 is 1. The minimum absolute atomic E-state index is 0. The van der Waals surface area contributed by atoms with Crippen molar-refractivity contribution in [3.8, 4) is 5.75 Å². The Balaban J connectivity index is -0.000000270. The molecule has 0 radical (unpaired) electrons. The Morgan fingerprint density at radius 3 is 2.00 bits per heavy atom. The molecule has 0 saturated carbocycles. The van der Waals surface area contributed by atoms with E-state index in [-0.39, 0.29) is 68.6 Å². The van der Waals surface area contributed by atoms with E-state index in [2.05, 4.69) is 4.74 Å². The zero-order valence-electron chi connectivity index (χ0n) is 6.56. The molecular weight excluding hydrogens is 303 g/mol. The molecule has 0 aromatic heterocycles. The first kappa shape index (κ1) is 18.5. The second-order valence-electron chi connectivity index (χ2n) is 1.63. The summed E-state index contributed by atoms with van der Waals surface area (Å²) in [4.78, 5) is 0. The van der Waals surface area contributed by atoms with Crippen LogP contribution < -0.4 is 38.7 Å². The SMILES string of the molecule is COc1ccccc1F.[Br-].[Br-].[Mg+2]. The van der Waals surface area contributed by atoms with E-state index in [1.807, 2.05) is 0 Å². The van der Waals surface area contributed by atoms with Gasteiger partial charge in [-0.2, -0.15) is 0 Å². The van der Waals surface area contributed by atoms with Crippen molar-refractivity contribution in [2.24, 2.45) is 0 Å². The molecule has 0 aliphatic heterocycles. The molecule has 5 heteroatoms. The summed E-state index contributed by atoms with van der Waals surface area (Å²) in [6.45, 7) is 0. The molecule has 1 nitrogen and oxygen atoms in total. The number of hydrogen-bond acceptors (Lipinski definition) is 1. The predicted octanol–water partition coefficient (Wildman–Crippen LogP) is -4.54. The molecule has 12 heavy (non-hydrogen) atoms. The summed E-state index contributed by atoms with van der Waals surface area (Å²) in [5.74, 6) is -0.0301. The molecule has 1 rings (SSSR count). The van der Waals surface area contributed by atoms with Gasteiger partial charge in [0.1, 0.15) is 0 Å². The van der Waals surface area contributed by atoms with Crippen LogP contribution in [0.15, 0.2) is 24.3 Å². The van der Waals surface area contributed by atoms with Gasteiger partial charge >= 0.3 is 23.1 Å². The Hall–Kier alpha value is 0.676. The zero-order chi connectivity index (χ0) is 6.69. The van der Waals surface area contributed by atoms with Crippen LogP contribution >= 0.6 is 0 Å². The van der Waals surface area contributed by atoms with E-state index in [0.29, 0.717) is 0 Å². The van der Waals surface area contributed by atoms with Gasteiger partial charge < -0.3 is 38.7 Å². The predicted molar refractivity (Wildman–Crippen MR) is 38.7 cm³/mol. The van der Waals surface area contributed by atoms with Crippen LogP contribution in [-0.2, 0) is 0 Å². The summed E-state index contributed by atoms with van der Waals surface area (Å²) in [7, 11) is 1.44. The Bertz CT molecular complexity index is 210. The standard InChI is InChI=1S/C7H7FO.2BrH.Mg/c1-9-7-5-3-2-4-6(7)8;;;/h2-5H,1H3;2*1H;/q;;;+2/p-2. The van der Waals surface area contributed by atoms with E-state index in [1.165, 1.54) is 13.2 Å². The first-order valence-electron chi connectivity index (χ1n) is 2.63. The fourth-order valence-electron chi connectivity index (χ4n) is 0.610. The van der Waals surface area contributed by atoms with Gasteiger partial charge in [-0.1, -0.05) is 12.1 Å². The van der Waals surface area contributed by atoms with E-state index in [4.69, 9.17) is 0 Å². The average Bonchev–Trinajstić information content (AvgIpc) is 1.89. The molecule has 0 fully saturated rings. The minimum Gasteiger partial charge on any atom is -1.00 e. The third kappa shape index (κ3) is 5.34. The van der Waals surface area contributed by atoms with Crippen LogP contribution in [-0.4, -0.2) is 30.2 Å². The summed E-state index contributed by atoms with van der Waals surface area (Å²) in [5.41, 5.74) is 0. The van der Waals surface area contributed by atoms with Gasteiger partial charge in [0.25, 0.3) is 0 Å². The van der Waals surface area contributed by atoms with Gasteiger partial charge in [0.15, 0.2) is 11.6 Å². The number of rotatable bonds is 1. The normalized spacial score (nSPS) is 6.83. The first-order chi connectivity index (χ1) is 4.34. The van der Waals surface area contributed by atoms with Crippen LogP contribution in [0.25, 0.3) is 0 Å². The summed E-state index contributed by atoms with van der Waals surface area (Å²) < 4.78 is 17.1. The topological polar surface area (TPSA) is 9.23 Å². The third-order valence-corrected chi connectivity index (χ3v) is 1.06. The zero-order valence-corrected chi connectivity index (χ0v) is 11.1. The van der Waals surface area contributed by atoms with Crippen LogP contribution in [0.4, 0.5) is 4.39 Å². The maximum Gasteiger partial charge on any atom is 2.00 e. The van der Waals surface area contributed by atoms with Gasteiger partial charge in [-0.05, 0) is 12.1 Å². The van der Waals surface area contributed by atoms with Crippen LogP contribution in [0.1, 0.15) is 0 Å². The Morgan fingerprint density at radius 1 is 1.17 bits per heavy atom. The van der Waals surface area contributed by atoms with Crippen molar-refractivity contribution in [1.29, 1.82) is 0 Å². The average molecular weight is 310 g/mol.